The van der Waals surface area contributed by atoms with E-state index in [1.165, 1.54) is 0 Å². The Bertz CT molecular complexity index is 181. The van der Waals surface area contributed by atoms with Gasteiger partial charge in [-0.3, -0.25) is 4.79 Å². The van der Waals surface area contributed by atoms with Crippen molar-refractivity contribution in [1.82, 2.24) is 5.32 Å². The fourth-order valence-electron chi connectivity index (χ4n) is 1.56. The van der Waals surface area contributed by atoms with Gasteiger partial charge in [-0.2, -0.15) is 0 Å². The van der Waals surface area contributed by atoms with E-state index in [1.54, 1.807) is 0 Å². The molecule has 1 atom stereocenters. The Morgan fingerprint density at radius 1 is 1.57 bits per heavy atom. The van der Waals surface area contributed by atoms with Crippen LogP contribution in [0.5, 0.6) is 0 Å². The Labute approximate surface area is 90.1 Å². The summed E-state index contributed by atoms with van der Waals surface area (Å²) >= 11 is 5.59. The first-order valence-corrected chi connectivity index (χ1v) is 5.71. The summed E-state index contributed by atoms with van der Waals surface area (Å²) in [5.41, 5.74) is 0. The maximum atomic E-state index is 11.7. The highest BCUT2D eigenvalue weighted by Crippen LogP contribution is 2.14. The molecule has 1 saturated heterocycles. The summed E-state index contributed by atoms with van der Waals surface area (Å²) in [4.78, 5) is 11.7. The molecule has 0 radical (unpaired) electrons. The van der Waals surface area contributed by atoms with E-state index in [-0.39, 0.29) is 17.9 Å². The van der Waals surface area contributed by atoms with E-state index in [0.717, 1.165) is 19.3 Å². The lowest BCUT2D eigenvalue weighted by molar-refractivity contribution is -0.128. The summed E-state index contributed by atoms with van der Waals surface area (Å²) in [5.74, 6) is 0.891. The number of nitrogens with one attached hydrogen (secondary N) is 1. The molecule has 0 saturated carbocycles. The van der Waals surface area contributed by atoms with Gasteiger partial charge in [0.15, 0.2) is 0 Å². The zero-order chi connectivity index (χ0) is 10.4. The van der Waals surface area contributed by atoms with Crippen molar-refractivity contribution in [3.05, 3.63) is 0 Å². The number of alkyl halides is 1. The number of halogens is 1. The second kappa shape index (κ2) is 6.25. The summed E-state index contributed by atoms with van der Waals surface area (Å²) in [6, 6.07) is 0.183. The molecule has 1 amide bonds. The Morgan fingerprint density at radius 3 is 2.79 bits per heavy atom. The number of carbonyl (C=O) groups excluding carboxylic acids is 1. The summed E-state index contributed by atoms with van der Waals surface area (Å²) in [7, 11) is 0. The van der Waals surface area contributed by atoms with Crippen molar-refractivity contribution < 1.29 is 9.53 Å². The van der Waals surface area contributed by atoms with E-state index in [2.05, 4.69) is 5.32 Å². The van der Waals surface area contributed by atoms with Crippen molar-refractivity contribution in [3.8, 4) is 0 Å². The van der Waals surface area contributed by atoms with Crippen LogP contribution in [0.3, 0.4) is 0 Å². The summed E-state index contributed by atoms with van der Waals surface area (Å²) in [6.07, 6.45) is 2.52. The first-order chi connectivity index (χ1) is 6.74. The van der Waals surface area contributed by atoms with E-state index < -0.39 is 0 Å². The van der Waals surface area contributed by atoms with Crippen LogP contribution in [0.2, 0.25) is 0 Å². The average Bonchev–Trinajstić information content (AvgIpc) is 2.19. The predicted octanol–water partition coefficient (Wildman–Crippen LogP) is 1.55. The lowest BCUT2D eigenvalue weighted by Gasteiger charge is -2.23. The minimum Gasteiger partial charge on any atom is -0.381 e. The fourth-order valence-corrected chi connectivity index (χ4v) is 1.88. The van der Waals surface area contributed by atoms with Crippen molar-refractivity contribution in [2.75, 3.05) is 19.1 Å². The molecular weight excluding hydrogens is 202 g/mol. The lowest BCUT2D eigenvalue weighted by Crippen LogP contribution is -2.39. The van der Waals surface area contributed by atoms with Crippen molar-refractivity contribution in [2.45, 2.75) is 32.2 Å². The molecule has 1 heterocycles. The molecule has 4 heteroatoms. The van der Waals surface area contributed by atoms with E-state index in [0.29, 0.717) is 19.1 Å². The maximum absolute atomic E-state index is 11.7. The van der Waals surface area contributed by atoms with Crippen LogP contribution in [0.25, 0.3) is 0 Å². The first-order valence-electron chi connectivity index (χ1n) is 5.18. The molecule has 1 aliphatic rings. The van der Waals surface area contributed by atoms with Gasteiger partial charge in [-0.25, -0.2) is 0 Å². The van der Waals surface area contributed by atoms with Gasteiger partial charge in [0, 0.05) is 31.1 Å². The molecular formula is C10H18ClNO2. The zero-order valence-electron chi connectivity index (χ0n) is 8.59. The van der Waals surface area contributed by atoms with Gasteiger partial charge in [0.05, 0.1) is 0 Å². The standard InChI is InChI=1S/C10H18ClNO2/c1-8(2-5-11)12-10(13)9-3-6-14-7-4-9/h8-9H,2-7H2,1H3,(H,12,13). The molecule has 3 nitrogen and oxygen atoms in total. The van der Waals surface area contributed by atoms with E-state index in [9.17, 15) is 4.79 Å². The van der Waals surface area contributed by atoms with Crippen LogP contribution in [0, 0.1) is 5.92 Å². The van der Waals surface area contributed by atoms with Crippen LogP contribution >= 0.6 is 11.6 Å². The van der Waals surface area contributed by atoms with Gasteiger partial charge in [-0.05, 0) is 26.2 Å². The third-order valence-corrected chi connectivity index (χ3v) is 2.74. The monoisotopic (exact) mass is 219 g/mol. The minimum absolute atomic E-state index is 0.140. The number of carbonyl (C=O) groups is 1. The molecule has 0 aliphatic carbocycles. The number of hydrogen-bond donors (Lipinski definition) is 1. The molecule has 0 aromatic rings. The predicted molar refractivity (Wildman–Crippen MR) is 56.5 cm³/mol. The largest absolute Gasteiger partial charge is 0.381 e. The Kier molecular flexibility index (Phi) is 5.26. The Morgan fingerprint density at radius 2 is 2.21 bits per heavy atom. The molecule has 1 unspecified atom stereocenters. The van der Waals surface area contributed by atoms with Crippen molar-refractivity contribution in [3.63, 3.8) is 0 Å². The number of rotatable bonds is 4. The quantitative estimate of drug-likeness (QED) is 0.729. The van der Waals surface area contributed by atoms with E-state index in [4.69, 9.17) is 16.3 Å². The first kappa shape index (κ1) is 11.8. The molecule has 14 heavy (non-hydrogen) atoms. The maximum Gasteiger partial charge on any atom is 0.223 e. The SMILES string of the molecule is CC(CCCl)NC(=O)C1CCOCC1. The van der Waals surface area contributed by atoms with Gasteiger partial charge >= 0.3 is 0 Å². The molecule has 0 aromatic heterocycles. The normalized spacial score (nSPS) is 20.4. The second-order valence-corrected chi connectivity index (χ2v) is 4.15. The number of hydrogen-bond acceptors (Lipinski definition) is 2. The van der Waals surface area contributed by atoms with Gasteiger partial charge in [0.25, 0.3) is 0 Å². The van der Waals surface area contributed by atoms with Crippen molar-refractivity contribution in [2.24, 2.45) is 5.92 Å². The van der Waals surface area contributed by atoms with Crippen LogP contribution in [0.15, 0.2) is 0 Å². The number of ether oxygens (including phenoxy) is 1. The van der Waals surface area contributed by atoms with Gasteiger partial charge in [-0.1, -0.05) is 0 Å². The van der Waals surface area contributed by atoms with E-state index >= 15 is 0 Å². The topological polar surface area (TPSA) is 38.3 Å². The Balaban J connectivity index is 2.25. The summed E-state index contributed by atoms with van der Waals surface area (Å²) in [6.45, 7) is 3.41. The van der Waals surface area contributed by atoms with Crippen LogP contribution in [0.4, 0.5) is 0 Å². The highest BCUT2D eigenvalue weighted by Gasteiger charge is 2.22. The average molecular weight is 220 g/mol. The third-order valence-electron chi connectivity index (χ3n) is 2.52. The molecule has 1 N–H and O–H groups in total. The molecule has 1 fully saturated rings. The van der Waals surface area contributed by atoms with Crippen LogP contribution in [-0.2, 0) is 9.53 Å². The lowest BCUT2D eigenvalue weighted by atomic mass is 9.99. The van der Waals surface area contributed by atoms with Gasteiger partial charge in [0.2, 0.25) is 5.91 Å². The zero-order valence-corrected chi connectivity index (χ0v) is 9.35. The molecule has 0 spiro atoms. The minimum atomic E-state index is 0.140. The highest BCUT2D eigenvalue weighted by molar-refractivity contribution is 6.17. The molecule has 0 aromatic carbocycles. The van der Waals surface area contributed by atoms with Crippen LogP contribution in [0.1, 0.15) is 26.2 Å². The smallest absolute Gasteiger partial charge is 0.223 e. The van der Waals surface area contributed by atoms with Crippen molar-refractivity contribution in [1.29, 1.82) is 0 Å². The molecule has 82 valence electrons. The third kappa shape index (κ3) is 3.84. The van der Waals surface area contributed by atoms with Crippen LogP contribution < -0.4 is 5.32 Å². The molecule has 1 aliphatic heterocycles. The Hall–Kier alpha value is -0.280. The fraction of sp³-hybridized carbons (Fsp3) is 0.900. The van der Waals surface area contributed by atoms with Crippen molar-refractivity contribution >= 4 is 17.5 Å². The van der Waals surface area contributed by atoms with Crippen LogP contribution in [-0.4, -0.2) is 31.0 Å². The van der Waals surface area contributed by atoms with Gasteiger partial charge in [-0.15, -0.1) is 11.6 Å². The molecule has 0 bridgehead atoms. The molecule has 1 rings (SSSR count). The summed E-state index contributed by atoms with van der Waals surface area (Å²) in [5, 5.41) is 2.97. The number of amides is 1. The highest BCUT2D eigenvalue weighted by atomic mass is 35.5. The summed E-state index contributed by atoms with van der Waals surface area (Å²) < 4.78 is 5.20. The van der Waals surface area contributed by atoms with E-state index in [1.807, 2.05) is 6.92 Å². The second-order valence-electron chi connectivity index (χ2n) is 3.77. The van der Waals surface area contributed by atoms with Gasteiger partial charge in [0.1, 0.15) is 0 Å². The van der Waals surface area contributed by atoms with Gasteiger partial charge < -0.3 is 10.1 Å².